The Morgan fingerprint density at radius 2 is 2.05 bits per heavy atom. The van der Waals surface area contributed by atoms with Crippen LogP contribution in [0.1, 0.15) is 25.2 Å². The van der Waals surface area contributed by atoms with Crippen molar-refractivity contribution < 1.29 is 0 Å². The molecule has 0 fully saturated rings. The Morgan fingerprint density at radius 1 is 1.30 bits per heavy atom. The molecule has 20 heavy (non-hydrogen) atoms. The Bertz CT molecular complexity index is 545. The number of hydrogen-bond donors (Lipinski definition) is 1. The van der Waals surface area contributed by atoms with Crippen LogP contribution in [0.25, 0.3) is 0 Å². The SMILES string of the molecule is CC(C)N(CCc1nccn1C)Cc1ccccc1N. The molecule has 0 unspecified atom stereocenters. The highest BCUT2D eigenvalue weighted by Crippen LogP contribution is 2.15. The molecule has 0 radical (unpaired) electrons. The van der Waals surface area contributed by atoms with Crippen LogP contribution in [0.2, 0.25) is 0 Å². The fourth-order valence-corrected chi connectivity index (χ4v) is 2.30. The number of hydrogen-bond acceptors (Lipinski definition) is 3. The molecule has 108 valence electrons. The van der Waals surface area contributed by atoms with Crippen LogP contribution in [-0.4, -0.2) is 27.0 Å². The van der Waals surface area contributed by atoms with Crippen molar-refractivity contribution in [2.75, 3.05) is 12.3 Å². The van der Waals surface area contributed by atoms with E-state index in [0.29, 0.717) is 6.04 Å². The molecule has 0 spiro atoms. The number of nitrogen functional groups attached to an aromatic ring is 1. The summed E-state index contributed by atoms with van der Waals surface area (Å²) < 4.78 is 2.08. The van der Waals surface area contributed by atoms with Gasteiger partial charge < -0.3 is 10.3 Å². The minimum Gasteiger partial charge on any atom is -0.398 e. The molecule has 1 heterocycles. The number of benzene rings is 1. The van der Waals surface area contributed by atoms with E-state index in [2.05, 4.69) is 34.4 Å². The van der Waals surface area contributed by atoms with E-state index in [1.165, 1.54) is 5.56 Å². The Kier molecular flexibility index (Phi) is 4.79. The smallest absolute Gasteiger partial charge is 0.109 e. The Labute approximate surface area is 121 Å². The maximum Gasteiger partial charge on any atom is 0.109 e. The van der Waals surface area contributed by atoms with Gasteiger partial charge in [0.2, 0.25) is 0 Å². The third-order valence-electron chi connectivity index (χ3n) is 3.70. The van der Waals surface area contributed by atoms with Crippen molar-refractivity contribution in [3.05, 3.63) is 48.0 Å². The molecular formula is C16H24N4. The van der Waals surface area contributed by atoms with E-state index >= 15 is 0 Å². The first-order chi connectivity index (χ1) is 9.58. The normalized spacial score (nSPS) is 11.4. The van der Waals surface area contributed by atoms with Crippen LogP contribution in [0.15, 0.2) is 36.7 Å². The van der Waals surface area contributed by atoms with Crippen molar-refractivity contribution in [2.24, 2.45) is 7.05 Å². The lowest BCUT2D eigenvalue weighted by Gasteiger charge is -2.27. The molecule has 4 heteroatoms. The van der Waals surface area contributed by atoms with E-state index in [1.807, 2.05) is 37.6 Å². The largest absolute Gasteiger partial charge is 0.398 e. The maximum absolute atomic E-state index is 6.04. The Hall–Kier alpha value is -1.81. The predicted molar refractivity (Wildman–Crippen MR) is 83.3 cm³/mol. The first kappa shape index (κ1) is 14.6. The molecule has 2 aromatic rings. The van der Waals surface area contributed by atoms with Gasteiger partial charge in [-0.05, 0) is 25.5 Å². The zero-order valence-electron chi connectivity index (χ0n) is 12.6. The average Bonchev–Trinajstić information content (AvgIpc) is 2.82. The van der Waals surface area contributed by atoms with E-state index in [4.69, 9.17) is 5.73 Å². The number of rotatable bonds is 6. The number of anilines is 1. The van der Waals surface area contributed by atoms with Crippen LogP contribution in [0.5, 0.6) is 0 Å². The summed E-state index contributed by atoms with van der Waals surface area (Å²) in [6.07, 6.45) is 4.79. The number of aromatic nitrogens is 2. The molecule has 0 aliphatic heterocycles. The third-order valence-corrected chi connectivity index (χ3v) is 3.70. The van der Waals surface area contributed by atoms with Gasteiger partial charge in [0.05, 0.1) is 0 Å². The van der Waals surface area contributed by atoms with Gasteiger partial charge >= 0.3 is 0 Å². The molecule has 0 aliphatic carbocycles. The maximum atomic E-state index is 6.04. The molecule has 0 saturated heterocycles. The van der Waals surface area contributed by atoms with Gasteiger partial charge in [0.1, 0.15) is 5.82 Å². The highest BCUT2D eigenvalue weighted by Gasteiger charge is 2.12. The quantitative estimate of drug-likeness (QED) is 0.822. The van der Waals surface area contributed by atoms with Crippen LogP contribution in [0.4, 0.5) is 5.69 Å². The standard InChI is InChI=1S/C16H24N4/c1-13(2)20(10-8-16-18-9-11-19(16)3)12-14-6-4-5-7-15(14)17/h4-7,9,11,13H,8,10,12,17H2,1-3H3. The highest BCUT2D eigenvalue weighted by atomic mass is 15.1. The summed E-state index contributed by atoms with van der Waals surface area (Å²) in [6, 6.07) is 8.57. The van der Waals surface area contributed by atoms with Gasteiger partial charge in [-0.1, -0.05) is 18.2 Å². The number of imidazole rings is 1. The molecule has 0 bridgehead atoms. The fraction of sp³-hybridized carbons (Fsp3) is 0.438. The second-order valence-corrected chi connectivity index (χ2v) is 5.47. The molecule has 0 saturated carbocycles. The number of aryl methyl sites for hydroxylation is 1. The summed E-state index contributed by atoms with van der Waals surface area (Å²) in [6.45, 7) is 6.31. The Morgan fingerprint density at radius 3 is 2.65 bits per heavy atom. The van der Waals surface area contributed by atoms with Crippen molar-refractivity contribution in [1.82, 2.24) is 14.5 Å². The molecule has 4 nitrogen and oxygen atoms in total. The predicted octanol–water partition coefficient (Wildman–Crippen LogP) is 2.46. The van der Waals surface area contributed by atoms with Crippen molar-refractivity contribution in [3.63, 3.8) is 0 Å². The number of nitrogens with two attached hydrogens (primary N) is 1. The molecular weight excluding hydrogens is 248 g/mol. The summed E-state index contributed by atoms with van der Waals surface area (Å²) >= 11 is 0. The molecule has 2 rings (SSSR count). The minimum absolute atomic E-state index is 0.481. The molecule has 0 aliphatic rings. The summed E-state index contributed by atoms with van der Waals surface area (Å²) in [5.74, 6) is 1.12. The lowest BCUT2D eigenvalue weighted by molar-refractivity contribution is 0.214. The second-order valence-electron chi connectivity index (χ2n) is 5.47. The second kappa shape index (κ2) is 6.57. The summed E-state index contributed by atoms with van der Waals surface area (Å²) in [5.41, 5.74) is 8.11. The van der Waals surface area contributed by atoms with E-state index in [0.717, 1.165) is 31.0 Å². The number of nitrogens with zero attached hydrogens (tertiary/aromatic N) is 3. The van der Waals surface area contributed by atoms with Crippen LogP contribution in [0.3, 0.4) is 0 Å². The molecule has 1 aromatic heterocycles. The Balaban J connectivity index is 2.01. The van der Waals surface area contributed by atoms with Gasteiger partial charge in [-0.3, -0.25) is 4.90 Å². The van der Waals surface area contributed by atoms with Crippen LogP contribution in [-0.2, 0) is 20.0 Å². The molecule has 0 atom stereocenters. The highest BCUT2D eigenvalue weighted by molar-refractivity contribution is 5.46. The van der Waals surface area contributed by atoms with Crippen molar-refractivity contribution in [3.8, 4) is 0 Å². The third kappa shape index (κ3) is 3.61. The van der Waals surface area contributed by atoms with Gasteiger partial charge in [-0.15, -0.1) is 0 Å². The van der Waals surface area contributed by atoms with Gasteiger partial charge in [-0.25, -0.2) is 4.98 Å². The summed E-state index contributed by atoms with van der Waals surface area (Å²) in [5, 5.41) is 0. The van der Waals surface area contributed by atoms with Crippen LogP contribution in [0, 0.1) is 0 Å². The van der Waals surface area contributed by atoms with Gasteiger partial charge in [0.25, 0.3) is 0 Å². The van der Waals surface area contributed by atoms with Crippen LogP contribution >= 0.6 is 0 Å². The zero-order chi connectivity index (χ0) is 14.5. The molecule has 2 N–H and O–H groups in total. The average molecular weight is 272 g/mol. The van der Waals surface area contributed by atoms with E-state index in [9.17, 15) is 0 Å². The summed E-state index contributed by atoms with van der Waals surface area (Å²) in [4.78, 5) is 6.81. The summed E-state index contributed by atoms with van der Waals surface area (Å²) in [7, 11) is 2.04. The van der Waals surface area contributed by atoms with Crippen molar-refractivity contribution in [2.45, 2.75) is 32.9 Å². The minimum atomic E-state index is 0.481. The monoisotopic (exact) mass is 272 g/mol. The first-order valence-electron chi connectivity index (χ1n) is 7.11. The first-order valence-corrected chi connectivity index (χ1v) is 7.11. The van der Waals surface area contributed by atoms with Crippen molar-refractivity contribution in [1.29, 1.82) is 0 Å². The zero-order valence-corrected chi connectivity index (χ0v) is 12.6. The topological polar surface area (TPSA) is 47.1 Å². The van der Waals surface area contributed by atoms with Crippen molar-refractivity contribution >= 4 is 5.69 Å². The van der Waals surface area contributed by atoms with E-state index < -0.39 is 0 Å². The lowest BCUT2D eigenvalue weighted by atomic mass is 10.1. The van der Waals surface area contributed by atoms with Crippen LogP contribution < -0.4 is 5.73 Å². The van der Waals surface area contributed by atoms with Gasteiger partial charge in [0, 0.05) is 50.7 Å². The van der Waals surface area contributed by atoms with E-state index in [-0.39, 0.29) is 0 Å². The molecule has 1 aromatic carbocycles. The lowest BCUT2D eigenvalue weighted by Crippen LogP contribution is -2.33. The number of para-hydroxylation sites is 1. The fourth-order valence-electron chi connectivity index (χ4n) is 2.30. The molecule has 0 amide bonds. The van der Waals surface area contributed by atoms with Gasteiger partial charge in [-0.2, -0.15) is 0 Å². The van der Waals surface area contributed by atoms with Gasteiger partial charge in [0.15, 0.2) is 0 Å². The van der Waals surface area contributed by atoms with E-state index in [1.54, 1.807) is 0 Å².